The van der Waals surface area contributed by atoms with Gasteiger partial charge in [0.15, 0.2) is 0 Å². The largest absolute Gasteiger partial charge is 0.428 e. The summed E-state index contributed by atoms with van der Waals surface area (Å²) >= 11 is 3.33. The number of nitrogens with zero attached hydrogens (tertiary/aromatic N) is 1. The van der Waals surface area contributed by atoms with Gasteiger partial charge in [-0.2, -0.15) is 0 Å². The molecule has 0 aliphatic carbocycles. The summed E-state index contributed by atoms with van der Waals surface area (Å²) in [6.45, 7) is 14.0. The molecule has 0 bridgehead atoms. The van der Waals surface area contributed by atoms with Crippen LogP contribution >= 0.6 is 15.9 Å². The average molecular weight is 647 g/mol. The van der Waals surface area contributed by atoms with E-state index in [4.69, 9.17) is 9.47 Å². The summed E-state index contributed by atoms with van der Waals surface area (Å²) in [7, 11) is 0. The molecule has 0 aromatic heterocycles. The zero-order valence-electron chi connectivity index (χ0n) is 26.0. The van der Waals surface area contributed by atoms with E-state index in [0.29, 0.717) is 36.1 Å². The van der Waals surface area contributed by atoms with Crippen LogP contribution in [0.25, 0.3) is 0 Å². The standard InChI is InChI=1S/C33H48BrN3O5/c1-7-26(19-32(39)42-22-41-31(38)10-8-9-17-34)27-13-16-30(37(20-23(2)3)21-24(4)5)29(18-27)36-33(40)35-28-14-11-25(6)12-15-28/h11-16,18,23-24,26H,7-10,17,19-22H2,1-6H3,(H2,35,36,40). The van der Waals surface area contributed by atoms with Crippen molar-refractivity contribution in [2.45, 2.75) is 79.6 Å². The summed E-state index contributed by atoms with van der Waals surface area (Å²) in [6, 6.07) is 13.3. The fourth-order valence-electron chi connectivity index (χ4n) is 4.61. The van der Waals surface area contributed by atoms with E-state index in [2.05, 4.69) is 59.2 Å². The molecule has 2 amide bonds. The van der Waals surface area contributed by atoms with Crippen LogP contribution in [0.2, 0.25) is 0 Å². The van der Waals surface area contributed by atoms with Crippen LogP contribution in [0.3, 0.4) is 0 Å². The zero-order valence-corrected chi connectivity index (χ0v) is 27.6. The SMILES string of the molecule is CCC(CC(=O)OCOC(=O)CCCCBr)c1ccc(N(CC(C)C)CC(C)C)c(NC(=O)Nc2ccc(C)cc2)c1. The average Bonchev–Trinajstić information content (AvgIpc) is 2.92. The van der Waals surface area contributed by atoms with Gasteiger partial charge >= 0.3 is 18.0 Å². The van der Waals surface area contributed by atoms with Crippen LogP contribution in [0.15, 0.2) is 42.5 Å². The maximum Gasteiger partial charge on any atom is 0.323 e. The van der Waals surface area contributed by atoms with Crippen LogP contribution in [0, 0.1) is 18.8 Å². The number of ether oxygens (including phenoxy) is 2. The zero-order chi connectivity index (χ0) is 31.1. The lowest BCUT2D eigenvalue weighted by molar-refractivity contribution is -0.167. The van der Waals surface area contributed by atoms with Crippen LogP contribution in [-0.4, -0.2) is 43.2 Å². The number of hydrogen-bond acceptors (Lipinski definition) is 6. The maximum absolute atomic E-state index is 13.1. The van der Waals surface area contributed by atoms with Gasteiger partial charge in [-0.1, -0.05) is 74.3 Å². The van der Waals surface area contributed by atoms with Crippen molar-refractivity contribution in [3.63, 3.8) is 0 Å². The second kappa shape index (κ2) is 18.5. The van der Waals surface area contributed by atoms with Crippen LogP contribution in [-0.2, 0) is 19.1 Å². The number of unbranched alkanes of at least 4 members (excludes halogenated alkanes) is 1. The molecule has 0 radical (unpaired) electrons. The number of halogens is 1. The summed E-state index contributed by atoms with van der Waals surface area (Å²) in [5, 5.41) is 6.82. The molecule has 2 aromatic carbocycles. The summed E-state index contributed by atoms with van der Waals surface area (Å²) in [5.74, 6) is -0.0976. The summed E-state index contributed by atoms with van der Waals surface area (Å²) < 4.78 is 10.3. The van der Waals surface area contributed by atoms with Crippen molar-refractivity contribution in [3.8, 4) is 0 Å². The third kappa shape index (κ3) is 12.8. The van der Waals surface area contributed by atoms with Crippen LogP contribution in [0.5, 0.6) is 0 Å². The Labute approximate surface area is 260 Å². The number of benzene rings is 2. The Balaban J connectivity index is 2.22. The molecule has 0 saturated heterocycles. The van der Waals surface area contributed by atoms with Gasteiger partial charge in [0.25, 0.3) is 0 Å². The molecule has 0 spiro atoms. The number of alkyl halides is 1. The van der Waals surface area contributed by atoms with Gasteiger partial charge in [0.2, 0.25) is 6.79 Å². The number of esters is 2. The van der Waals surface area contributed by atoms with E-state index < -0.39 is 5.97 Å². The fraction of sp³-hybridized carbons (Fsp3) is 0.545. The first-order chi connectivity index (χ1) is 20.0. The molecular weight excluding hydrogens is 598 g/mol. The molecule has 0 fully saturated rings. The molecule has 2 rings (SSSR count). The fourth-order valence-corrected chi connectivity index (χ4v) is 5.01. The molecule has 2 aromatic rings. The minimum absolute atomic E-state index is 0.133. The van der Waals surface area contributed by atoms with Gasteiger partial charge in [-0.25, -0.2) is 4.79 Å². The molecule has 1 atom stereocenters. The lowest BCUT2D eigenvalue weighted by Crippen LogP contribution is -2.32. The minimum atomic E-state index is -0.438. The predicted molar refractivity (Wildman–Crippen MR) is 174 cm³/mol. The molecule has 0 aliphatic heterocycles. The number of carbonyl (C=O) groups is 3. The topological polar surface area (TPSA) is 97.0 Å². The Kier molecular flexibility index (Phi) is 15.4. The molecule has 0 saturated carbocycles. The Hall–Kier alpha value is -3.07. The Morgan fingerprint density at radius 3 is 2.12 bits per heavy atom. The van der Waals surface area contributed by atoms with Gasteiger partial charge < -0.3 is 25.0 Å². The number of amides is 2. The molecule has 9 heteroatoms. The highest BCUT2D eigenvalue weighted by molar-refractivity contribution is 9.09. The van der Waals surface area contributed by atoms with Crippen LogP contribution in [0.4, 0.5) is 21.9 Å². The van der Waals surface area contributed by atoms with Gasteiger partial charge in [-0.3, -0.25) is 9.59 Å². The second-order valence-electron chi connectivity index (χ2n) is 11.5. The molecule has 2 N–H and O–H groups in total. The number of nitrogens with one attached hydrogen (secondary N) is 2. The quantitative estimate of drug-likeness (QED) is 0.0778. The van der Waals surface area contributed by atoms with E-state index in [1.54, 1.807) is 0 Å². The molecule has 0 heterocycles. The van der Waals surface area contributed by atoms with Crippen molar-refractivity contribution in [2.75, 3.05) is 40.7 Å². The van der Waals surface area contributed by atoms with Crippen molar-refractivity contribution in [3.05, 3.63) is 53.6 Å². The highest BCUT2D eigenvalue weighted by Gasteiger charge is 2.21. The Morgan fingerprint density at radius 2 is 1.52 bits per heavy atom. The number of aryl methyl sites for hydroxylation is 1. The first-order valence-electron chi connectivity index (χ1n) is 14.9. The lowest BCUT2D eigenvalue weighted by atomic mass is 9.92. The van der Waals surface area contributed by atoms with Crippen molar-refractivity contribution in [1.82, 2.24) is 0 Å². The summed E-state index contributed by atoms with van der Waals surface area (Å²) in [6.07, 6.45) is 2.72. The third-order valence-corrected chi connectivity index (χ3v) is 7.23. The van der Waals surface area contributed by atoms with Gasteiger partial charge in [-0.15, -0.1) is 0 Å². The first kappa shape index (κ1) is 35.1. The van der Waals surface area contributed by atoms with Crippen LogP contribution in [0.1, 0.15) is 83.8 Å². The van der Waals surface area contributed by atoms with E-state index >= 15 is 0 Å². The van der Waals surface area contributed by atoms with Gasteiger partial charge in [-0.05, 0) is 73.8 Å². The van der Waals surface area contributed by atoms with Gasteiger partial charge in [0, 0.05) is 30.5 Å². The summed E-state index contributed by atoms with van der Waals surface area (Å²) in [5.41, 5.74) is 4.35. The number of hydrogen-bond donors (Lipinski definition) is 2. The lowest BCUT2D eigenvalue weighted by Gasteiger charge is -2.31. The van der Waals surface area contributed by atoms with Crippen LogP contribution < -0.4 is 15.5 Å². The minimum Gasteiger partial charge on any atom is -0.428 e. The van der Waals surface area contributed by atoms with Crippen molar-refractivity contribution in [2.24, 2.45) is 11.8 Å². The Morgan fingerprint density at radius 1 is 0.881 bits per heavy atom. The van der Waals surface area contributed by atoms with Crippen molar-refractivity contribution in [1.29, 1.82) is 0 Å². The van der Waals surface area contributed by atoms with Gasteiger partial charge in [0.1, 0.15) is 0 Å². The third-order valence-electron chi connectivity index (χ3n) is 6.67. The normalized spacial score (nSPS) is 11.7. The molecule has 232 valence electrons. The monoisotopic (exact) mass is 645 g/mol. The second-order valence-corrected chi connectivity index (χ2v) is 12.3. The summed E-state index contributed by atoms with van der Waals surface area (Å²) in [4.78, 5) is 39.9. The molecular formula is C33H48BrN3O5. The van der Waals surface area contributed by atoms with E-state index in [0.717, 1.165) is 48.1 Å². The molecule has 0 aliphatic rings. The number of carbonyl (C=O) groups excluding carboxylic acids is 3. The molecule has 8 nitrogen and oxygen atoms in total. The van der Waals surface area contributed by atoms with E-state index in [9.17, 15) is 14.4 Å². The maximum atomic E-state index is 13.1. The number of rotatable bonds is 17. The molecule has 1 unspecified atom stereocenters. The first-order valence-corrected chi connectivity index (χ1v) is 16.0. The van der Waals surface area contributed by atoms with Crippen molar-refractivity contribution >= 4 is 51.0 Å². The smallest absolute Gasteiger partial charge is 0.323 e. The predicted octanol–water partition coefficient (Wildman–Crippen LogP) is 8.25. The van der Waals surface area contributed by atoms with Crippen molar-refractivity contribution < 1.29 is 23.9 Å². The molecule has 42 heavy (non-hydrogen) atoms. The Bertz CT molecular complexity index is 1130. The van der Waals surface area contributed by atoms with Gasteiger partial charge in [0.05, 0.1) is 17.8 Å². The highest BCUT2D eigenvalue weighted by atomic mass is 79.9. The number of anilines is 3. The van der Waals surface area contributed by atoms with E-state index in [1.165, 1.54) is 0 Å². The van der Waals surface area contributed by atoms with E-state index in [-0.39, 0.29) is 31.1 Å². The highest BCUT2D eigenvalue weighted by Crippen LogP contribution is 2.34. The van der Waals surface area contributed by atoms with E-state index in [1.807, 2.05) is 56.3 Å². The number of urea groups is 1.